The van der Waals surface area contributed by atoms with Crippen LogP contribution in [-0.2, 0) is 16.8 Å². The van der Waals surface area contributed by atoms with Crippen LogP contribution >= 0.6 is 23.2 Å². The fourth-order valence-corrected chi connectivity index (χ4v) is 5.06. The number of carbonyl (C=O) groups excluding carboxylic acids is 2. The van der Waals surface area contributed by atoms with Gasteiger partial charge in [-0.2, -0.15) is 0 Å². The van der Waals surface area contributed by atoms with E-state index in [-0.39, 0.29) is 16.7 Å². The van der Waals surface area contributed by atoms with E-state index in [1.165, 1.54) is 0 Å². The molecule has 0 aliphatic carbocycles. The van der Waals surface area contributed by atoms with Crippen molar-refractivity contribution in [1.29, 1.82) is 0 Å². The van der Waals surface area contributed by atoms with Crippen LogP contribution in [0.2, 0.25) is 10.0 Å². The van der Waals surface area contributed by atoms with Crippen LogP contribution in [0, 0.1) is 0 Å². The van der Waals surface area contributed by atoms with Gasteiger partial charge in [0.25, 0.3) is 0 Å². The number of ketones is 1. The number of nitrogens with zero attached hydrogens (tertiary/aromatic N) is 2. The summed E-state index contributed by atoms with van der Waals surface area (Å²) in [5.74, 6) is -0.609. The summed E-state index contributed by atoms with van der Waals surface area (Å²) in [6.45, 7) is 7.94. The van der Waals surface area contributed by atoms with Gasteiger partial charge in [0.1, 0.15) is 5.41 Å². The van der Waals surface area contributed by atoms with Gasteiger partial charge in [-0.05, 0) is 56.2 Å². The highest BCUT2D eigenvalue weighted by atomic mass is 35.5. The zero-order valence-corrected chi connectivity index (χ0v) is 20.5. The lowest BCUT2D eigenvalue weighted by molar-refractivity contribution is -0.122. The van der Waals surface area contributed by atoms with E-state index >= 15 is 0 Å². The largest absolute Gasteiger partial charge is 0.372 e. The normalized spacial score (nSPS) is 17.8. The minimum absolute atomic E-state index is 0.249. The molecule has 1 aliphatic heterocycles. The fourth-order valence-electron chi connectivity index (χ4n) is 4.50. The van der Waals surface area contributed by atoms with Gasteiger partial charge in [-0.15, -0.1) is 0 Å². The topological polar surface area (TPSA) is 40.6 Å². The van der Waals surface area contributed by atoms with Gasteiger partial charge in [0.2, 0.25) is 5.91 Å². The van der Waals surface area contributed by atoms with Gasteiger partial charge in [0, 0.05) is 23.8 Å². The zero-order valence-electron chi connectivity index (χ0n) is 18.9. The van der Waals surface area contributed by atoms with Crippen molar-refractivity contribution in [2.75, 3.05) is 22.9 Å². The van der Waals surface area contributed by atoms with Crippen molar-refractivity contribution in [3.8, 4) is 0 Å². The number of halogens is 2. The molecule has 1 amide bonds. The van der Waals surface area contributed by atoms with Crippen molar-refractivity contribution in [1.82, 2.24) is 0 Å². The lowest BCUT2D eigenvalue weighted by Crippen LogP contribution is -2.54. The molecule has 0 fully saturated rings. The number of Topliss-reactive ketones (excluding diaryl/α,β-unsaturated/α-hetero) is 1. The van der Waals surface area contributed by atoms with E-state index < -0.39 is 5.41 Å². The van der Waals surface area contributed by atoms with Crippen molar-refractivity contribution < 1.29 is 9.59 Å². The Morgan fingerprint density at radius 1 is 0.909 bits per heavy atom. The first-order valence-electron chi connectivity index (χ1n) is 11.1. The molecular formula is C27H26Cl2N2O2. The van der Waals surface area contributed by atoms with E-state index in [0.717, 1.165) is 24.3 Å². The van der Waals surface area contributed by atoms with E-state index in [9.17, 15) is 9.59 Å². The van der Waals surface area contributed by atoms with E-state index in [0.29, 0.717) is 28.4 Å². The number of carbonyl (C=O) groups is 2. The lowest BCUT2D eigenvalue weighted by atomic mass is 9.72. The summed E-state index contributed by atoms with van der Waals surface area (Å²) in [5.41, 5.74) is 2.01. The second-order valence-electron chi connectivity index (χ2n) is 8.33. The minimum Gasteiger partial charge on any atom is -0.372 e. The van der Waals surface area contributed by atoms with Crippen LogP contribution in [0.1, 0.15) is 42.3 Å². The van der Waals surface area contributed by atoms with Crippen molar-refractivity contribution in [2.45, 2.75) is 32.7 Å². The van der Waals surface area contributed by atoms with E-state index in [1.807, 2.05) is 54.6 Å². The summed E-state index contributed by atoms with van der Waals surface area (Å²) in [6, 6.07) is 20.6. The Bertz CT molecular complexity index is 1190. The monoisotopic (exact) mass is 480 g/mol. The highest BCUT2D eigenvalue weighted by Crippen LogP contribution is 2.44. The first kappa shape index (κ1) is 23.3. The molecule has 0 bridgehead atoms. The van der Waals surface area contributed by atoms with Crippen LogP contribution in [0.5, 0.6) is 0 Å². The zero-order chi connectivity index (χ0) is 23.8. The molecular weight excluding hydrogens is 455 g/mol. The van der Waals surface area contributed by atoms with Gasteiger partial charge < -0.3 is 9.80 Å². The van der Waals surface area contributed by atoms with Crippen LogP contribution in [0.4, 0.5) is 11.4 Å². The lowest BCUT2D eigenvalue weighted by Gasteiger charge is -2.40. The average Bonchev–Trinajstić information content (AvgIpc) is 2.82. The van der Waals surface area contributed by atoms with Crippen LogP contribution in [0.15, 0.2) is 66.7 Å². The van der Waals surface area contributed by atoms with Crippen molar-refractivity contribution in [3.63, 3.8) is 0 Å². The number of hydrogen-bond donors (Lipinski definition) is 0. The molecule has 4 rings (SSSR count). The number of rotatable bonds is 6. The van der Waals surface area contributed by atoms with Crippen molar-refractivity contribution >= 4 is 46.3 Å². The minimum atomic E-state index is -1.40. The van der Waals surface area contributed by atoms with Crippen LogP contribution in [0.3, 0.4) is 0 Å². The Balaban J connectivity index is 1.85. The number of fused-ring (bicyclic) bond motifs is 1. The first-order chi connectivity index (χ1) is 15.8. The molecule has 0 saturated carbocycles. The molecule has 0 radical (unpaired) electrons. The maximum Gasteiger partial charge on any atom is 0.245 e. The molecule has 170 valence electrons. The Labute approximate surface area is 204 Å². The summed E-state index contributed by atoms with van der Waals surface area (Å²) in [6.07, 6.45) is 0. The fraction of sp³-hybridized carbons (Fsp3) is 0.259. The summed E-state index contributed by atoms with van der Waals surface area (Å²) >= 11 is 12.8. The highest BCUT2D eigenvalue weighted by Gasteiger charge is 2.51. The molecule has 1 unspecified atom stereocenters. The van der Waals surface area contributed by atoms with Gasteiger partial charge in [-0.3, -0.25) is 9.59 Å². The third kappa shape index (κ3) is 4.03. The molecule has 0 aromatic heterocycles. The Kier molecular flexibility index (Phi) is 6.51. The molecule has 3 aromatic carbocycles. The van der Waals surface area contributed by atoms with E-state index in [4.69, 9.17) is 23.2 Å². The van der Waals surface area contributed by atoms with Gasteiger partial charge in [-0.25, -0.2) is 0 Å². The van der Waals surface area contributed by atoms with Crippen LogP contribution in [-0.4, -0.2) is 24.8 Å². The second kappa shape index (κ2) is 9.20. The summed E-state index contributed by atoms with van der Waals surface area (Å²) < 4.78 is 0. The second-order valence-corrected chi connectivity index (χ2v) is 9.18. The number of amides is 1. The third-order valence-corrected chi connectivity index (χ3v) is 6.95. The van der Waals surface area contributed by atoms with E-state index in [2.05, 4.69) is 18.7 Å². The quantitative estimate of drug-likeness (QED) is 0.376. The smallest absolute Gasteiger partial charge is 0.245 e. The maximum absolute atomic E-state index is 14.0. The molecule has 6 heteroatoms. The SMILES string of the molecule is CCN(CC)c1ccc(C2(C)C(=O)c3c(Cl)cc(Cl)cc3N(Cc3ccccc3)C2=O)cc1. The Morgan fingerprint density at radius 2 is 1.55 bits per heavy atom. The maximum atomic E-state index is 14.0. The summed E-state index contributed by atoms with van der Waals surface area (Å²) in [5, 5.41) is 0.628. The van der Waals surface area contributed by atoms with Crippen LogP contribution in [0.25, 0.3) is 0 Å². The molecule has 3 aromatic rings. The number of benzene rings is 3. The first-order valence-corrected chi connectivity index (χ1v) is 11.8. The molecule has 4 nitrogen and oxygen atoms in total. The molecule has 33 heavy (non-hydrogen) atoms. The highest BCUT2D eigenvalue weighted by molar-refractivity contribution is 6.41. The summed E-state index contributed by atoms with van der Waals surface area (Å²) in [4.78, 5) is 31.7. The molecule has 1 atom stereocenters. The standard InChI is InChI=1S/C27H26Cl2N2O2/c1-4-30(5-2)21-13-11-19(12-14-21)27(3)25(32)24-22(29)15-20(28)16-23(24)31(26(27)33)17-18-9-7-6-8-10-18/h6-16H,4-5,17H2,1-3H3. The van der Waals surface area contributed by atoms with Gasteiger partial charge in [0.15, 0.2) is 5.78 Å². The predicted molar refractivity (Wildman–Crippen MR) is 136 cm³/mol. The average molecular weight is 481 g/mol. The van der Waals surface area contributed by atoms with Crippen LogP contribution < -0.4 is 9.80 Å². The number of anilines is 2. The molecule has 1 heterocycles. The van der Waals surface area contributed by atoms with Gasteiger partial charge >= 0.3 is 0 Å². The molecule has 1 aliphatic rings. The molecule has 0 spiro atoms. The van der Waals surface area contributed by atoms with Gasteiger partial charge in [0.05, 0.1) is 22.8 Å². The Hall–Kier alpha value is -2.82. The van der Waals surface area contributed by atoms with Gasteiger partial charge in [-0.1, -0.05) is 65.7 Å². The van der Waals surface area contributed by atoms with Crippen molar-refractivity contribution in [3.05, 3.63) is 93.5 Å². The molecule has 0 N–H and O–H groups in total. The van der Waals surface area contributed by atoms with E-state index in [1.54, 1.807) is 24.0 Å². The Morgan fingerprint density at radius 3 is 2.15 bits per heavy atom. The summed E-state index contributed by atoms with van der Waals surface area (Å²) in [7, 11) is 0. The van der Waals surface area contributed by atoms with Crippen molar-refractivity contribution in [2.24, 2.45) is 0 Å². The molecule has 0 saturated heterocycles. The third-order valence-electron chi connectivity index (χ3n) is 6.44. The number of hydrogen-bond acceptors (Lipinski definition) is 3. The predicted octanol–water partition coefficient (Wildman–Crippen LogP) is 6.53.